The van der Waals surface area contributed by atoms with E-state index in [4.69, 9.17) is 5.73 Å². The van der Waals surface area contributed by atoms with Gasteiger partial charge in [0.1, 0.15) is 0 Å². The summed E-state index contributed by atoms with van der Waals surface area (Å²) in [5, 5.41) is 3.56. The summed E-state index contributed by atoms with van der Waals surface area (Å²) < 4.78 is 0. The minimum Gasteiger partial charge on any atom is -0.326 e. The van der Waals surface area contributed by atoms with E-state index in [1.807, 2.05) is 6.07 Å². The Labute approximate surface area is 85.5 Å². The van der Waals surface area contributed by atoms with Crippen molar-refractivity contribution in [3.8, 4) is 0 Å². The highest BCUT2D eigenvalue weighted by Crippen LogP contribution is 2.24. The van der Waals surface area contributed by atoms with Gasteiger partial charge in [-0.3, -0.25) is 0 Å². The van der Waals surface area contributed by atoms with Gasteiger partial charge in [-0.2, -0.15) is 0 Å². The van der Waals surface area contributed by atoms with E-state index in [9.17, 15) is 0 Å². The molecule has 0 unspecified atom stereocenters. The summed E-state index contributed by atoms with van der Waals surface area (Å²) in [6, 6.07) is 11.7. The molecule has 0 radical (unpaired) electrons. The lowest BCUT2D eigenvalue weighted by molar-refractivity contribution is 0.301. The van der Waals surface area contributed by atoms with Crippen LogP contribution in [-0.2, 0) is 0 Å². The largest absolute Gasteiger partial charge is 0.326 e. The van der Waals surface area contributed by atoms with E-state index in [1.54, 1.807) is 0 Å². The lowest BCUT2D eigenvalue weighted by Gasteiger charge is -2.34. The number of hydrogen-bond acceptors (Lipinski definition) is 2. The molecule has 3 N–H and O–H groups in total. The maximum absolute atomic E-state index is 6.11. The Kier molecular flexibility index (Phi) is 2.85. The van der Waals surface area contributed by atoms with Crippen molar-refractivity contribution in [1.82, 2.24) is 5.32 Å². The summed E-state index contributed by atoms with van der Waals surface area (Å²) in [7, 11) is 0. The Bertz CT molecular complexity index is 284. The van der Waals surface area contributed by atoms with Crippen LogP contribution in [-0.4, -0.2) is 12.1 Å². The average Bonchev–Trinajstić information content (AvgIpc) is 2.23. The SMILES string of the molecule is C[C@H]1CC[C@@H](N)[C@H](c2ccccc2)N1. The zero-order chi connectivity index (χ0) is 9.97. The van der Waals surface area contributed by atoms with Crippen molar-refractivity contribution in [2.75, 3.05) is 0 Å². The van der Waals surface area contributed by atoms with Gasteiger partial charge in [0.25, 0.3) is 0 Å². The normalized spacial score (nSPS) is 32.9. The molecule has 1 aromatic carbocycles. The van der Waals surface area contributed by atoms with E-state index in [-0.39, 0.29) is 6.04 Å². The van der Waals surface area contributed by atoms with Crippen molar-refractivity contribution in [3.63, 3.8) is 0 Å². The van der Waals surface area contributed by atoms with Crippen LogP contribution in [0.25, 0.3) is 0 Å². The molecule has 0 aromatic heterocycles. The fourth-order valence-electron chi connectivity index (χ4n) is 2.13. The van der Waals surface area contributed by atoms with Gasteiger partial charge in [-0.25, -0.2) is 0 Å². The fraction of sp³-hybridized carbons (Fsp3) is 0.500. The van der Waals surface area contributed by atoms with Crippen molar-refractivity contribution in [3.05, 3.63) is 35.9 Å². The van der Waals surface area contributed by atoms with Crippen LogP contribution >= 0.6 is 0 Å². The number of rotatable bonds is 1. The zero-order valence-corrected chi connectivity index (χ0v) is 8.61. The molecule has 0 amide bonds. The van der Waals surface area contributed by atoms with Gasteiger partial charge in [-0.15, -0.1) is 0 Å². The lowest BCUT2D eigenvalue weighted by atomic mass is 9.90. The monoisotopic (exact) mass is 190 g/mol. The predicted molar refractivity (Wildman–Crippen MR) is 59.0 cm³/mol. The van der Waals surface area contributed by atoms with Crippen LogP contribution < -0.4 is 11.1 Å². The molecular formula is C12H18N2. The van der Waals surface area contributed by atoms with E-state index >= 15 is 0 Å². The van der Waals surface area contributed by atoms with E-state index < -0.39 is 0 Å². The Morgan fingerprint density at radius 1 is 1.21 bits per heavy atom. The summed E-state index contributed by atoms with van der Waals surface area (Å²) in [5.74, 6) is 0. The summed E-state index contributed by atoms with van der Waals surface area (Å²) >= 11 is 0. The Balaban J connectivity index is 2.16. The van der Waals surface area contributed by atoms with Crippen molar-refractivity contribution in [1.29, 1.82) is 0 Å². The molecule has 76 valence electrons. The molecular weight excluding hydrogens is 172 g/mol. The van der Waals surface area contributed by atoms with Gasteiger partial charge >= 0.3 is 0 Å². The smallest absolute Gasteiger partial charge is 0.0475 e. The van der Waals surface area contributed by atoms with E-state index in [2.05, 4.69) is 36.5 Å². The first-order valence-electron chi connectivity index (χ1n) is 5.34. The van der Waals surface area contributed by atoms with E-state index in [0.717, 1.165) is 6.42 Å². The molecule has 14 heavy (non-hydrogen) atoms. The molecule has 0 saturated carbocycles. The Hall–Kier alpha value is -0.860. The molecule has 0 bridgehead atoms. The molecule has 1 aliphatic heterocycles. The molecule has 3 atom stereocenters. The second kappa shape index (κ2) is 4.11. The maximum atomic E-state index is 6.11. The number of nitrogens with one attached hydrogen (secondary N) is 1. The van der Waals surface area contributed by atoms with Gasteiger partial charge in [0.05, 0.1) is 0 Å². The van der Waals surface area contributed by atoms with Gasteiger partial charge in [-0.05, 0) is 25.3 Å². The zero-order valence-electron chi connectivity index (χ0n) is 8.61. The van der Waals surface area contributed by atoms with Crippen molar-refractivity contribution in [2.45, 2.75) is 37.9 Å². The molecule has 0 aliphatic carbocycles. The highest BCUT2D eigenvalue weighted by atomic mass is 15.0. The molecule has 2 nitrogen and oxygen atoms in total. The summed E-state index contributed by atoms with van der Waals surface area (Å²) in [6.45, 7) is 2.22. The van der Waals surface area contributed by atoms with Crippen LogP contribution in [0.3, 0.4) is 0 Å². The molecule has 1 heterocycles. The lowest BCUT2D eigenvalue weighted by Crippen LogP contribution is -2.46. The van der Waals surface area contributed by atoms with Crippen LogP contribution in [0.5, 0.6) is 0 Å². The minimum absolute atomic E-state index is 0.258. The third kappa shape index (κ3) is 1.97. The van der Waals surface area contributed by atoms with Gasteiger partial charge in [0.2, 0.25) is 0 Å². The van der Waals surface area contributed by atoms with Crippen LogP contribution in [0.15, 0.2) is 30.3 Å². The molecule has 1 saturated heterocycles. The van der Waals surface area contributed by atoms with Gasteiger partial charge in [-0.1, -0.05) is 30.3 Å². The summed E-state index contributed by atoms with van der Waals surface area (Å²) in [6.07, 6.45) is 2.30. The highest BCUT2D eigenvalue weighted by molar-refractivity contribution is 5.21. The number of benzene rings is 1. The number of nitrogens with two attached hydrogens (primary N) is 1. The quantitative estimate of drug-likeness (QED) is 0.709. The topological polar surface area (TPSA) is 38.0 Å². The van der Waals surface area contributed by atoms with Crippen molar-refractivity contribution in [2.24, 2.45) is 5.73 Å². The first-order valence-corrected chi connectivity index (χ1v) is 5.34. The third-order valence-corrected chi connectivity index (χ3v) is 2.98. The molecule has 1 aliphatic rings. The number of piperidine rings is 1. The predicted octanol–water partition coefficient (Wildman–Crippen LogP) is 1.83. The number of hydrogen-bond donors (Lipinski definition) is 2. The molecule has 1 aromatic rings. The van der Waals surface area contributed by atoms with E-state index in [0.29, 0.717) is 12.1 Å². The maximum Gasteiger partial charge on any atom is 0.0475 e. The van der Waals surface area contributed by atoms with E-state index in [1.165, 1.54) is 12.0 Å². The van der Waals surface area contributed by atoms with Crippen LogP contribution in [0, 0.1) is 0 Å². The summed E-state index contributed by atoms with van der Waals surface area (Å²) in [4.78, 5) is 0. The second-order valence-electron chi connectivity index (χ2n) is 4.20. The Morgan fingerprint density at radius 2 is 1.93 bits per heavy atom. The molecule has 0 spiro atoms. The summed E-state index contributed by atoms with van der Waals surface area (Å²) in [5.41, 5.74) is 7.42. The van der Waals surface area contributed by atoms with Crippen LogP contribution in [0.2, 0.25) is 0 Å². The van der Waals surface area contributed by atoms with Crippen LogP contribution in [0.4, 0.5) is 0 Å². The highest BCUT2D eigenvalue weighted by Gasteiger charge is 2.25. The Morgan fingerprint density at radius 3 is 2.64 bits per heavy atom. The van der Waals surface area contributed by atoms with Crippen molar-refractivity contribution >= 4 is 0 Å². The fourth-order valence-corrected chi connectivity index (χ4v) is 2.13. The molecule has 1 fully saturated rings. The first-order chi connectivity index (χ1) is 6.77. The minimum atomic E-state index is 0.258. The standard InChI is InChI=1S/C12H18N2/c1-9-7-8-11(13)12(14-9)10-5-3-2-4-6-10/h2-6,9,11-12,14H,7-8,13H2,1H3/t9-,11+,12-/m0/s1. The first kappa shape index (κ1) is 9.69. The van der Waals surface area contributed by atoms with Gasteiger partial charge in [0.15, 0.2) is 0 Å². The van der Waals surface area contributed by atoms with Crippen molar-refractivity contribution < 1.29 is 0 Å². The average molecular weight is 190 g/mol. The van der Waals surface area contributed by atoms with Gasteiger partial charge in [0, 0.05) is 18.1 Å². The van der Waals surface area contributed by atoms with Gasteiger partial charge < -0.3 is 11.1 Å². The van der Waals surface area contributed by atoms with Crippen LogP contribution in [0.1, 0.15) is 31.4 Å². The molecule has 2 heteroatoms. The molecule has 2 rings (SSSR count). The second-order valence-corrected chi connectivity index (χ2v) is 4.20. The third-order valence-electron chi connectivity index (χ3n) is 2.98.